The van der Waals surface area contributed by atoms with E-state index in [-0.39, 0.29) is 6.03 Å². The molecule has 2 amide bonds. The summed E-state index contributed by atoms with van der Waals surface area (Å²) in [5.74, 6) is 5.67. The van der Waals surface area contributed by atoms with Crippen LogP contribution in [0.25, 0.3) is 0 Å². The molecule has 0 atom stereocenters. The highest BCUT2D eigenvalue weighted by Gasteiger charge is 2.17. The summed E-state index contributed by atoms with van der Waals surface area (Å²) in [5.41, 5.74) is 19.2. The fourth-order valence-electron chi connectivity index (χ4n) is 1.32. The molecule has 128 valence electrons. The Balaban J connectivity index is 0. The molecule has 0 saturated heterocycles. The van der Waals surface area contributed by atoms with E-state index < -0.39 is 0 Å². The molecule has 8 heteroatoms. The van der Waals surface area contributed by atoms with E-state index >= 15 is 0 Å². The molecule has 0 aliphatic rings. The Morgan fingerprint density at radius 1 is 0.952 bits per heavy atom. The number of hydrazine groups is 2. The topological polar surface area (TPSA) is 140 Å². The van der Waals surface area contributed by atoms with Crippen LogP contribution in [0.5, 0.6) is 0 Å². The van der Waals surface area contributed by atoms with Crippen molar-refractivity contribution in [3.8, 4) is 0 Å². The van der Waals surface area contributed by atoms with Gasteiger partial charge in [0.15, 0.2) is 0 Å². The highest BCUT2D eigenvalue weighted by molar-refractivity contribution is 5.73. The van der Waals surface area contributed by atoms with Gasteiger partial charge in [-0.3, -0.25) is 10.0 Å². The van der Waals surface area contributed by atoms with E-state index in [2.05, 4.69) is 19.3 Å². The van der Waals surface area contributed by atoms with Gasteiger partial charge in [-0.05, 0) is 38.9 Å². The maximum Gasteiger partial charge on any atom is 0.348 e. The molecule has 0 fully saturated rings. The number of urea groups is 1. The summed E-state index contributed by atoms with van der Waals surface area (Å²) < 4.78 is 0. The van der Waals surface area contributed by atoms with Gasteiger partial charge in [0.1, 0.15) is 0 Å². The Morgan fingerprint density at radius 2 is 1.43 bits per heavy atom. The molecule has 0 bridgehead atoms. The van der Waals surface area contributed by atoms with Crippen LogP contribution in [0.3, 0.4) is 0 Å². The average molecular weight is 305 g/mol. The lowest BCUT2D eigenvalue weighted by Crippen LogP contribution is -2.53. The predicted octanol–water partition coefficient (Wildman–Crippen LogP) is -0.449. The van der Waals surface area contributed by atoms with Crippen molar-refractivity contribution >= 4 is 6.03 Å². The van der Waals surface area contributed by atoms with E-state index in [1.807, 2.05) is 0 Å². The largest absolute Gasteiger partial charge is 0.348 e. The summed E-state index contributed by atoms with van der Waals surface area (Å²) >= 11 is 0. The molecule has 0 aromatic heterocycles. The third-order valence-corrected chi connectivity index (χ3v) is 2.35. The first-order valence-corrected chi connectivity index (χ1v) is 7.76. The van der Waals surface area contributed by atoms with Gasteiger partial charge in [-0.2, -0.15) is 0 Å². The van der Waals surface area contributed by atoms with Crippen molar-refractivity contribution < 1.29 is 4.79 Å². The highest BCUT2D eigenvalue weighted by atomic mass is 16.2. The number of nitrogens with one attached hydrogen (secondary N) is 1. The van der Waals surface area contributed by atoms with Crippen molar-refractivity contribution in [3.63, 3.8) is 0 Å². The van der Waals surface area contributed by atoms with Gasteiger partial charge in [0.2, 0.25) is 0 Å². The molecule has 0 unspecified atom stereocenters. The maximum absolute atomic E-state index is 12.0. The Bertz CT molecular complexity index is 229. The Labute approximate surface area is 129 Å². The molecule has 0 radical (unpaired) electrons. The smallest absolute Gasteiger partial charge is 0.330 e. The van der Waals surface area contributed by atoms with Gasteiger partial charge in [0.25, 0.3) is 0 Å². The van der Waals surface area contributed by atoms with Crippen LogP contribution in [-0.4, -0.2) is 55.3 Å². The molecule has 0 aliphatic heterocycles. The number of hydrogen-bond donors (Lipinski definition) is 5. The number of hydrogen-bond acceptors (Lipinski definition) is 6. The van der Waals surface area contributed by atoms with E-state index in [9.17, 15) is 4.79 Å². The third kappa shape index (κ3) is 13.8. The molecule has 0 rings (SSSR count). The molecule has 0 aromatic carbocycles. The minimum absolute atomic E-state index is 0.270. The van der Waals surface area contributed by atoms with E-state index in [1.54, 1.807) is 0 Å². The number of amides is 2. The van der Waals surface area contributed by atoms with Gasteiger partial charge in [0, 0.05) is 19.6 Å². The molecule has 0 aliphatic carbocycles. The van der Waals surface area contributed by atoms with Crippen LogP contribution in [0, 0.1) is 0 Å². The standard InChI is InChI=1S/C10H27N7O.C3H8/c11-4-1-7-15-17(9-3-6-13)10(18)16(14)8-2-5-12;1-3-2/h15H,1-9,11-14H2;3H2,1-2H3. The van der Waals surface area contributed by atoms with Gasteiger partial charge < -0.3 is 17.2 Å². The van der Waals surface area contributed by atoms with Crippen molar-refractivity contribution in [1.82, 2.24) is 15.4 Å². The minimum Gasteiger partial charge on any atom is -0.330 e. The Morgan fingerprint density at radius 3 is 1.90 bits per heavy atom. The Hall–Kier alpha value is -0.930. The van der Waals surface area contributed by atoms with Crippen molar-refractivity contribution in [2.75, 3.05) is 39.3 Å². The number of nitrogens with two attached hydrogens (primary N) is 4. The van der Waals surface area contributed by atoms with Crippen LogP contribution >= 0.6 is 0 Å². The first kappa shape index (κ1) is 22.4. The summed E-state index contributed by atoms with van der Waals surface area (Å²) in [5, 5.41) is 2.65. The monoisotopic (exact) mass is 305 g/mol. The lowest BCUT2D eigenvalue weighted by Gasteiger charge is -2.28. The summed E-state index contributed by atoms with van der Waals surface area (Å²) in [6.07, 6.45) is 3.43. The summed E-state index contributed by atoms with van der Waals surface area (Å²) in [7, 11) is 0. The second-order valence-corrected chi connectivity index (χ2v) is 4.67. The van der Waals surface area contributed by atoms with Crippen LogP contribution < -0.4 is 28.5 Å². The van der Waals surface area contributed by atoms with Gasteiger partial charge in [-0.1, -0.05) is 20.3 Å². The fourth-order valence-corrected chi connectivity index (χ4v) is 1.32. The third-order valence-electron chi connectivity index (χ3n) is 2.35. The molecule has 0 heterocycles. The zero-order valence-corrected chi connectivity index (χ0v) is 13.7. The Kier molecular flexibility index (Phi) is 18.2. The summed E-state index contributed by atoms with van der Waals surface area (Å²) in [6, 6.07) is -0.270. The lowest BCUT2D eigenvalue weighted by molar-refractivity contribution is 0.128. The van der Waals surface area contributed by atoms with E-state index in [4.69, 9.17) is 23.0 Å². The average Bonchev–Trinajstić information content (AvgIpc) is 2.48. The van der Waals surface area contributed by atoms with Crippen molar-refractivity contribution in [3.05, 3.63) is 0 Å². The predicted molar refractivity (Wildman–Crippen MR) is 88.0 cm³/mol. The molecular formula is C13H35N7O. The first-order chi connectivity index (χ1) is 10.1. The number of carbonyl (C=O) groups excluding carboxylic acids is 1. The summed E-state index contributed by atoms with van der Waals surface area (Å²) in [4.78, 5) is 12.0. The van der Waals surface area contributed by atoms with Crippen LogP contribution in [0.4, 0.5) is 4.79 Å². The fraction of sp³-hybridized carbons (Fsp3) is 0.923. The van der Waals surface area contributed by atoms with Gasteiger partial charge in [-0.25, -0.2) is 16.1 Å². The molecule has 0 saturated carbocycles. The zero-order valence-electron chi connectivity index (χ0n) is 13.7. The molecule has 8 nitrogen and oxygen atoms in total. The lowest BCUT2D eigenvalue weighted by atomic mass is 10.4. The van der Waals surface area contributed by atoms with E-state index in [1.165, 1.54) is 16.4 Å². The normalized spacial score (nSPS) is 9.81. The van der Waals surface area contributed by atoms with E-state index in [0.29, 0.717) is 52.1 Å². The van der Waals surface area contributed by atoms with Crippen LogP contribution in [0.15, 0.2) is 0 Å². The molecule has 9 N–H and O–H groups in total. The second-order valence-electron chi connectivity index (χ2n) is 4.67. The highest BCUT2D eigenvalue weighted by Crippen LogP contribution is 1.95. The van der Waals surface area contributed by atoms with Crippen molar-refractivity contribution in [2.45, 2.75) is 39.5 Å². The minimum atomic E-state index is -0.270. The number of rotatable bonds is 10. The van der Waals surface area contributed by atoms with Crippen molar-refractivity contribution in [2.24, 2.45) is 23.0 Å². The quantitative estimate of drug-likeness (QED) is 0.160. The van der Waals surface area contributed by atoms with Crippen molar-refractivity contribution in [1.29, 1.82) is 0 Å². The number of carbonyl (C=O) groups is 1. The zero-order chi connectivity index (χ0) is 16.5. The molecule has 0 spiro atoms. The molecule has 21 heavy (non-hydrogen) atoms. The number of nitrogens with zero attached hydrogens (tertiary/aromatic N) is 2. The van der Waals surface area contributed by atoms with Gasteiger partial charge in [0.05, 0.1) is 0 Å². The summed E-state index contributed by atoms with van der Waals surface area (Å²) in [6.45, 7) is 7.45. The first-order valence-electron chi connectivity index (χ1n) is 7.76. The van der Waals surface area contributed by atoms with Gasteiger partial charge >= 0.3 is 6.03 Å². The van der Waals surface area contributed by atoms with Crippen LogP contribution in [-0.2, 0) is 0 Å². The SMILES string of the molecule is CCC.NCCCNN(CCCN)C(=O)N(N)CCCN. The van der Waals surface area contributed by atoms with Gasteiger partial charge in [-0.15, -0.1) is 0 Å². The maximum atomic E-state index is 12.0. The van der Waals surface area contributed by atoms with Crippen LogP contribution in [0.1, 0.15) is 39.5 Å². The molecular weight excluding hydrogens is 270 g/mol. The van der Waals surface area contributed by atoms with Crippen LogP contribution in [0.2, 0.25) is 0 Å². The molecule has 0 aromatic rings. The van der Waals surface area contributed by atoms with E-state index in [0.717, 1.165) is 6.42 Å². The second kappa shape index (κ2) is 17.1.